The molecule has 7 rings (SSSR count). The Labute approximate surface area is 243 Å². The first-order valence-electron chi connectivity index (χ1n) is 14.3. The van der Waals surface area contributed by atoms with E-state index < -0.39 is 0 Å². The number of nitrogens with zero attached hydrogens (tertiary/aromatic N) is 3. The summed E-state index contributed by atoms with van der Waals surface area (Å²) in [5, 5.41) is 1.41. The van der Waals surface area contributed by atoms with Crippen LogP contribution in [0.25, 0.3) is 38.5 Å². The fraction of sp³-hybridized carbons (Fsp3) is 0.167. The topological polar surface area (TPSA) is 65.3 Å². The van der Waals surface area contributed by atoms with E-state index in [1.54, 1.807) is 12.1 Å². The number of hydrogen-bond acceptors (Lipinski definition) is 3. The molecule has 6 aromatic rings. The number of benzene rings is 5. The summed E-state index contributed by atoms with van der Waals surface area (Å²) >= 11 is 0. The number of hydrogen-bond donors (Lipinski definition) is 0. The van der Waals surface area contributed by atoms with E-state index in [9.17, 15) is 14.5 Å². The number of carbonyl (C=O) groups is 2. The summed E-state index contributed by atoms with van der Waals surface area (Å²) in [7, 11) is 0. The van der Waals surface area contributed by atoms with E-state index in [2.05, 4.69) is 27.7 Å². The number of rotatable bonds is 4. The zero-order valence-corrected chi connectivity index (χ0v) is 24.0. The van der Waals surface area contributed by atoms with Crippen LogP contribution in [0.3, 0.4) is 0 Å². The highest BCUT2D eigenvalue weighted by Crippen LogP contribution is 2.42. The lowest BCUT2D eigenvalue weighted by atomic mass is 9.88. The average Bonchev–Trinajstić information content (AvgIpc) is 3.00. The third kappa shape index (κ3) is 3.58. The zero-order valence-electron chi connectivity index (χ0n) is 24.0. The Hall–Kier alpha value is -5.10. The second-order valence-electron chi connectivity index (χ2n) is 11.5. The molecule has 0 radical (unpaired) electrons. The Balaban J connectivity index is 1.53. The van der Waals surface area contributed by atoms with Crippen LogP contribution in [0, 0.1) is 4.91 Å². The van der Waals surface area contributed by atoms with Crippen molar-refractivity contribution in [2.24, 2.45) is 0 Å². The van der Waals surface area contributed by atoms with Gasteiger partial charge in [0.2, 0.25) is 0 Å². The Morgan fingerprint density at radius 2 is 1.12 bits per heavy atom. The molecule has 1 aromatic heterocycles. The van der Waals surface area contributed by atoms with Crippen LogP contribution in [0.2, 0.25) is 0 Å². The van der Waals surface area contributed by atoms with Crippen molar-refractivity contribution in [2.45, 2.75) is 39.5 Å². The van der Waals surface area contributed by atoms with E-state index in [0.29, 0.717) is 33.2 Å². The Bertz CT molecular complexity index is 2070. The number of carbonyl (C=O) groups excluding carboxylic acids is 2. The highest BCUT2D eigenvalue weighted by Gasteiger charge is 2.37. The van der Waals surface area contributed by atoms with Gasteiger partial charge >= 0.3 is 0 Å². The molecule has 1 aliphatic rings. The summed E-state index contributed by atoms with van der Waals surface area (Å²) in [5.74, 6) is -0.400. The molecule has 0 saturated carbocycles. The lowest BCUT2D eigenvalue weighted by Gasteiger charge is -2.32. The number of aromatic nitrogens is 2. The Morgan fingerprint density at radius 3 is 1.69 bits per heavy atom. The van der Waals surface area contributed by atoms with Crippen LogP contribution in [-0.4, -0.2) is 16.4 Å². The molecular formula is C36H30N3O3+. The van der Waals surface area contributed by atoms with E-state index >= 15 is 0 Å². The van der Waals surface area contributed by atoms with Gasteiger partial charge in [-0.2, -0.15) is 0 Å². The highest BCUT2D eigenvalue weighted by molar-refractivity contribution is 6.36. The second-order valence-corrected chi connectivity index (χ2v) is 11.5. The summed E-state index contributed by atoms with van der Waals surface area (Å²) < 4.78 is 3.00. The fourth-order valence-electron chi connectivity index (χ4n) is 6.42. The first-order chi connectivity index (χ1) is 20.3. The van der Waals surface area contributed by atoms with E-state index in [1.807, 2.05) is 89.5 Å². The maximum absolute atomic E-state index is 14.3. The summed E-state index contributed by atoms with van der Waals surface area (Å²) in [4.78, 5) is 43.4. The van der Waals surface area contributed by atoms with Crippen LogP contribution in [0.15, 0.2) is 97.1 Å². The van der Waals surface area contributed by atoms with Gasteiger partial charge in [0.1, 0.15) is 11.0 Å². The molecule has 0 saturated heterocycles. The van der Waals surface area contributed by atoms with Crippen molar-refractivity contribution in [3.63, 3.8) is 0 Å². The molecule has 5 aromatic carbocycles. The second kappa shape index (κ2) is 9.48. The molecule has 0 atom stereocenters. The summed E-state index contributed by atoms with van der Waals surface area (Å²) in [6.07, 6.45) is 0. The van der Waals surface area contributed by atoms with Crippen molar-refractivity contribution >= 4 is 50.3 Å². The van der Waals surface area contributed by atoms with Crippen molar-refractivity contribution in [1.82, 2.24) is 4.57 Å². The Morgan fingerprint density at radius 1 is 0.595 bits per heavy atom. The molecule has 0 N–H and O–H groups in total. The number of anilines is 1. The van der Waals surface area contributed by atoms with Gasteiger partial charge in [-0.15, -0.1) is 0 Å². The van der Waals surface area contributed by atoms with E-state index in [4.69, 9.17) is 0 Å². The predicted molar refractivity (Wildman–Crippen MR) is 167 cm³/mol. The lowest BCUT2D eigenvalue weighted by molar-refractivity contribution is -0.432. The predicted octanol–water partition coefficient (Wildman–Crippen LogP) is 7.90. The fourth-order valence-corrected chi connectivity index (χ4v) is 6.42. The molecule has 0 aliphatic carbocycles. The molecule has 2 heterocycles. The SMILES string of the molecule is CC(C)c1cccc(C(C)C)c1N1C(=O)c2cccc3c(-n4c5ccccc5[n+](=O)c5ccccc54)ccc(c23)C1=O. The van der Waals surface area contributed by atoms with Gasteiger partial charge in [0.05, 0.1) is 15.8 Å². The summed E-state index contributed by atoms with van der Waals surface area (Å²) in [5.41, 5.74) is 6.92. The van der Waals surface area contributed by atoms with Crippen molar-refractivity contribution in [3.8, 4) is 5.69 Å². The number of fused-ring (bicyclic) bond motifs is 2. The van der Waals surface area contributed by atoms with Gasteiger partial charge in [-0.05, 0) is 53.3 Å². The van der Waals surface area contributed by atoms with Gasteiger partial charge < -0.3 is 0 Å². The first-order valence-corrected chi connectivity index (χ1v) is 14.3. The van der Waals surface area contributed by atoms with Crippen LogP contribution in [0.4, 0.5) is 5.69 Å². The molecule has 0 bridgehead atoms. The molecule has 0 fully saturated rings. The van der Waals surface area contributed by atoms with Crippen molar-refractivity contribution in [1.29, 1.82) is 0 Å². The minimum Gasteiger partial charge on any atom is -0.298 e. The maximum Gasteiger partial charge on any atom is 0.287 e. The Kier molecular flexibility index (Phi) is 5.84. The monoisotopic (exact) mass is 552 g/mol. The lowest BCUT2D eigenvalue weighted by Crippen LogP contribution is -2.41. The van der Waals surface area contributed by atoms with E-state index in [1.165, 1.54) is 4.90 Å². The number of amides is 2. The first kappa shape index (κ1) is 25.8. The van der Waals surface area contributed by atoms with Gasteiger partial charge in [0.15, 0.2) is 0 Å². The van der Waals surface area contributed by atoms with Gasteiger partial charge in [0, 0.05) is 38.9 Å². The van der Waals surface area contributed by atoms with Crippen molar-refractivity contribution in [2.75, 3.05) is 4.90 Å². The molecule has 6 nitrogen and oxygen atoms in total. The average molecular weight is 553 g/mol. The highest BCUT2D eigenvalue weighted by atomic mass is 16.3. The van der Waals surface area contributed by atoms with Crippen LogP contribution in [0.5, 0.6) is 0 Å². The molecule has 0 spiro atoms. The third-order valence-corrected chi connectivity index (χ3v) is 8.37. The molecule has 2 amide bonds. The smallest absolute Gasteiger partial charge is 0.287 e. The molecule has 1 aliphatic heterocycles. The van der Waals surface area contributed by atoms with Gasteiger partial charge in [-0.1, -0.05) is 82.3 Å². The molecule has 42 heavy (non-hydrogen) atoms. The largest absolute Gasteiger partial charge is 0.298 e. The summed E-state index contributed by atoms with van der Waals surface area (Å²) in [6, 6.07) is 30.4. The molecule has 0 unspecified atom stereocenters. The van der Waals surface area contributed by atoms with E-state index in [0.717, 1.165) is 37.7 Å². The van der Waals surface area contributed by atoms with Crippen LogP contribution >= 0.6 is 0 Å². The van der Waals surface area contributed by atoms with Crippen LogP contribution in [-0.2, 0) is 0 Å². The number of imide groups is 1. The van der Waals surface area contributed by atoms with Gasteiger partial charge in [-0.3, -0.25) is 14.2 Å². The quantitative estimate of drug-likeness (QED) is 0.127. The standard InChI is InChI=1S/C36H30N3O3/c1-21(2)23-11-9-12-24(22(3)4)34(23)38-35(40)26-14-10-13-25-28(20-19-27(33(25)26)36(38)41)37-29-15-5-7-17-31(29)39(42)32-18-8-6-16-30(32)37/h5-22H,1-4H3/q+1. The molecule has 6 heteroatoms. The third-order valence-electron chi connectivity index (χ3n) is 8.37. The molecular weight excluding hydrogens is 522 g/mol. The van der Waals surface area contributed by atoms with Crippen molar-refractivity contribution < 1.29 is 14.0 Å². The molecule has 206 valence electrons. The number of para-hydroxylation sites is 5. The normalized spacial score (nSPS) is 13.3. The van der Waals surface area contributed by atoms with Gasteiger partial charge in [0.25, 0.3) is 22.8 Å². The minimum absolute atomic E-state index is 0.124. The summed E-state index contributed by atoms with van der Waals surface area (Å²) in [6.45, 7) is 8.33. The zero-order chi connectivity index (χ0) is 29.3. The minimum atomic E-state index is -0.324. The van der Waals surface area contributed by atoms with Crippen LogP contribution < -0.4 is 9.33 Å². The van der Waals surface area contributed by atoms with Crippen molar-refractivity contribution in [3.05, 3.63) is 124 Å². The van der Waals surface area contributed by atoms with Gasteiger partial charge in [-0.25, -0.2) is 4.90 Å². The van der Waals surface area contributed by atoms with Crippen LogP contribution in [0.1, 0.15) is 71.4 Å². The maximum atomic E-state index is 14.3. The van der Waals surface area contributed by atoms with E-state index in [-0.39, 0.29) is 23.7 Å².